The van der Waals surface area contributed by atoms with E-state index in [4.69, 9.17) is 11.6 Å². The average Bonchev–Trinajstić information content (AvgIpc) is 2.77. The highest BCUT2D eigenvalue weighted by Gasteiger charge is 2.32. The molecule has 6 nitrogen and oxygen atoms in total. The molecule has 174 valence electrons. The third-order valence-electron chi connectivity index (χ3n) is 5.78. The topological polar surface area (TPSA) is 69.7 Å². The Morgan fingerprint density at radius 2 is 1.81 bits per heavy atom. The molecule has 2 aromatic rings. The van der Waals surface area contributed by atoms with Gasteiger partial charge in [0.15, 0.2) is 0 Å². The minimum absolute atomic E-state index is 0.0468. The van der Waals surface area contributed by atoms with E-state index in [9.17, 15) is 17.6 Å². The number of anilines is 2. The lowest BCUT2D eigenvalue weighted by atomic mass is 9.97. The van der Waals surface area contributed by atoms with Crippen LogP contribution in [0, 0.1) is 11.7 Å². The van der Waals surface area contributed by atoms with Crippen molar-refractivity contribution < 1.29 is 17.6 Å². The predicted octanol–water partition coefficient (Wildman–Crippen LogP) is 4.75. The molecule has 1 N–H and O–H groups in total. The van der Waals surface area contributed by atoms with Gasteiger partial charge in [-0.1, -0.05) is 11.6 Å². The molecule has 1 fully saturated rings. The van der Waals surface area contributed by atoms with Crippen LogP contribution in [0.25, 0.3) is 0 Å². The molecule has 1 saturated heterocycles. The first-order chi connectivity index (χ1) is 15.1. The van der Waals surface area contributed by atoms with Crippen LogP contribution in [-0.2, 0) is 14.8 Å². The molecule has 0 spiro atoms. The van der Waals surface area contributed by atoms with Crippen LogP contribution in [0.2, 0.25) is 5.02 Å². The summed E-state index contributed by atoms with van der Waals surface area (Å²) in [5.41, 5.74) is 1.81. The number of carbonyl (C=O) groups is 1. The highest BCUT2D eigenvalue weighted by atomic mass is 35.5. The first kappa shape index (κ1) is 24.5. The lowest BCUT2D eigenvalue weighted by molar-refractivity contribution is -0.120. The summed E-state index contributed by atoms with van der Waals surface area (Å²) in [5, 5.41) is 2.71. The van der Waals surface area contributed by atoms with Gasteiger partial charge in [0, 0.05) is 43.0 Å². The highest BCUT2D eigenvalue weighted by molar-refractivity contribution is 7.89. The highest BCUT2D eigenvalue weighted by Crippen LogP contribution is 2.27. The van der Waals surface area contributed by atoms with Crippen molar-refractivity contribution in [2.45, 2.75) is 44.6 Å². The Hall–Kier alpha value is -2.16. The fraction of sp³-hybridized carbons (Fsp3) is 0.435. The Kier molecular flexibility index (Phi) is 7.79. The number of hydrogen-bond acceptors (Lipinski definition) is 4. The maximum absolute atomic E-state index is 13.4. The largest absolute Gasteiger partial charge is 0.369 e. The minimum atomic E-state index is -3.79. The van der Waals surface area contributed by atoms with E-state index in [2.05, 4.69) is 31.0 Å². The molecule has 1 heterocycles. The van der Waals surface area contributed by atoms with E-state index >= 15 is 0 Å². The number of carbonyl (C=O) groups excluding carboxylic acids is 1. The summed E-state index contributed by atoms with van der Waals surface area (Å²) >= 11 is 5.74. The summed E-state index contributed by atoms with van der Waals surface area (Å²) < 4.78 is 40.3. The molecular weight excluding hydrogens is 453 g/mol. The van der Waals surface area contributed by atoms with E-state index in [0.29, 0.717) is 18.9 Å². The van der Waals surface area contributed by atoms with Crippen LogP contribution in [0.3, 0.4) is 0 Å². The molecule has 1 aliphatic heterocycles. The first-order valence-electron chi connectivity index (χ1n) is 10.8. The second-order valence-corrected chi connectivity index (χ2v) is 10.5. The van der Waals surface area contributed by atoms with E-state index in [-0.39, 0.29) is 34.8 Å². The Morgan fingerprint density at radius 3 is 2.34 bits per heavy atom. The van der Waals surface area contributed by atoms with E-state index in [0.717, 1.165) is 30.1 Å². The molecule has 0 unspecified atom stereocenters. The third kappa shape index (κ3) is 5.42. The number of nitrogens with one attached hydrogen (secondary N) is 1. The van der Waals surface area contributed by atoms with Crippen LogP contribution in [0.1, 0.15) is 33.6 Å². The van der Waals surface area contributed by atoms with E-state index in [1.165, 1.54) is 10.4 Å². The second-order valence-electron chi connectivity index (χ2n) is 8.17. The molecule has 1 aliphatic rings. The van der Waals surface area contributed by atoms with Crippen molar-refractivity contribution in [2.24, 2.45) is 5.92 Å². The Morgan fingerprint density at radius 1 is 1.19 bits per heavy atom. The zero-order valence-corrected chi connectivity index (χ0v) is 20.1. The number of nitrogens with zero attached hydrogens (tertiary/aromatic N) is 2. The van der Waals surface area contributed by atoms with Gasteiger partial charge in [-0.05, 0) is 76.1 Å². The van der Waals surface area contributed by atoms with Crippen LogP contribution in [0.4, 0.5) is 15.8 Å². The van der Waals surface area contributed by atoms with Crippen molar-refractivity contribution in [2.75, 3.05) is 29.9 Å². The van der Waals surface area contributed by atoms with Crippen molar-refractivity contribution >= 4 is 38.9 Å². The zero-order chi connectivity index (χ0) is 23.5. The molecule has 0 atom stereocenters. The van der Waals surface area contributed by atoms with E-state index < -0.39 is 15.8 Å². The minimum Gasteiger partial charge on any atom is -0.369 e. The fourth-order valence-electron chi connectivity index (χ4n) is 3.97. The van der Waals surface area contributed by atoms with Gasteiger partial charge < -0.3 is 10.2 Å². The molecule has 3 rings (SSSR count). The van der Waals surface area contributed by atoms with Gasteiger partial charge in [-0.15, -0.1) is 0 Å². The molecule has 0 bridgehead atoms. The van der Waals surface area contributed by atoms with E-state index in [1.807, 2.05) is 24.3 Å². The monoisotopic (exact) mass is 481 g/mol. The van der Waals surface area contributed by atoms with Crippen molar-refractivity contribution in [3.05, 3.63) is 53.3 Å². The van der Waals surface area contributed by atoms with Gasteiger partial charge >= 0.3 is 0 Å². The molecule has 32 heavy (non-hydrogen) atoms. The smallest absolute Gasteiger partial charge is 0.243 e. The van der Waals surface area contributed by atoms with Gasteiger partial charge in [-0.2, -0.15) is 4.31 Å². The van der Waals surface area contributed by atoms with Crippen LogP contribution >= 0.6 is 11.6 Å². The van der Waals surface area contributed by atoms with Crippen LogP contribution in [0.5, 0.6) is 0 Å². The second kappa shape index (κ2) is 10.2. The maximum atomic E-state index is 13.4. The normalized spacial score (nSPS) is 15.7. The zero-order valence-electron chi connectivity index (χ0n) is 18.5. The van der Waals surface area contributed by atoms with Gasteiger partial charge in [0.1, 0.15) is 5.82 Å². The average molecular weight is 482 g/mol. The SMILES string of the molecule is CCN(c1ccc(NC(=O)C2CCN(S(=O)(=O)c3ccc(F)c(Cl)c3)CC2)cc1)C(C)C. The summed E-state index contributed by atoms with van der Waals surface area (Å²) in [5.74, 6) is -1.06. The Bertz CT molecular complexity index is 1050. The molecule has 0 radical (unpaired) electrons. The summed E-state index contributed by atoms with van der Waals surface area (Å²) in [4.78, 5) is 14.9. The number of rotatable bonds is 7. The summed E-state index contributed by atoms with van der Waals surface area (Å²) in [6, 6.07) is 11.5. The van der Waals surface area contributed by atoms with Crippen molar-refractivity contribution in [3.8, 4) is 0 Å². The lowest BCUT2D eigenvalue weighted by Crippen LogP contribution is -2.41. The van der Waals surface area contributed by atoms with Crippen molar-refractivity contribution in [1.82, 2.24) is 4.31 Å². The number of piperidine rings is 1. The molecular formula is C23H29ClFN3O3S. The van der Waals surface area contributed by atoms with Crippen molar-refractivity contribution in [1.29, 1.82) is 0 Å². The van der Waals surface area contributed by atoms with Gasteiger partial charge in [0.2, 0.25) is 15.9 Å². The number of sulfonamides is 1. The number of amides is 1. The van der Waals surface area contributed by atoms with Gasteiger partial charge in [-0.3, -0.25) is 4.79 Å². The molecule has 0 saturated carbocycles. The summed E-state index contributed by atoms with van der Waals surface area (Å²) in [7, 11) is -3.79. The molecule has 1 amide bonds. The van der Waals surface area contributed by atoms with Gasteiger partial charge in [0.25, 0.3) is 0 Å². The third-order valence-corrected chi connectivity index (χ3v) is 7.97. The molecule has 0 aromatic heterocycles. The number of hydrogen-bond donors (Lipinski definition) is 1. The first-order valence-corrected chi connectivity index (χ1v) is 12.6. The van der Waals surface area contributed by atoms with Gasteiger partial charge in [-0.25, -0.2) is 12.8 Å². The van der Waals surface area contributed by atoms with Crippen LogP contribution in [0.15, 0.2) is 47.4 Å². The lowest BCUT2D eigenvalue weighted by Gasteiger charge is -2.30. The fourth-order valence-corrected chi connectivity index (χ4v) is 5.71. The Labute approximate surface area is 194 Å². The predicted molar refractivity (Wildman–Crippen MR) is 126 cm³/mol. The molecule has 0 aliphatic carbocycles. The maximum Gasteiger partial charge on any atom is 0.243 e. The van der Waals surface area contributed by atoms with Crippen LogP contribution < -0.4 is 10.2 Å². The Balaban J connectivity index is 1.59. The van der Waals surface area contributed by atoms with Gasteiger partial charge in [0.05, 0.1) is 9.92 Å². The number of halogens is 2. The van der Waals surface area contributed by atoms with E-state index in [1.54, 1.807) is 0 Å². The summed E-state index contributed by atoms with van der Waals surface area (Å²) in [6.45, 7) is 7.71. The quantitative estimate of drug-likeness (QED) is 0.619. The molecule has 2 aromatic carbocycles. The number of benzene rings is 2. The molecule has 9 heteroatoms. The summed E-state index contributed by atoms with van der Waals surface area (Å²) in [6.07, 6.45) is 0.823. The standard InChI is InChI=1S/C23H29ClFN3O3S/c1-4-28(16(2)3)19-7-5-18(6-8-19)26-23(29)17-11-13-27(14-12-17)32(30,31)20-9-10-22(25)21(24)15-20/h5-10,15-17H,4,11-14H2,1-3H3,(H,26,29). The van der Waals surface area contributed by atoms with Crippen LogP contribution in [-0.4, -0.2) is 44.3 Å². The van der Waals surface area contributed by atoms with Crippen molar-refractivity contribution in [3.63, 3.8) is 0 Å².